The van der Waals surface area contributed by atoms with Crippen LogP contribution in [-0.2, 0) is 10.2 Å². The van der Waals surface area contributed by atoms with Crippen molar-refractivity contribution in [2.75, 3.05) is 11.4 Å². The predicted molar refractivity (Wildman–Crippen MR) is 75.8 cm³/mol. The summed E-state index contributed by atoms with van der Waals surface area (Å²) in [5, 5.41) is 0. The van der Waals surface area contributed by atoms with Crippen molar-refractivity contribution < 1.29 is 9.18 Å². The summed E-state index contributed by atoms with van der Waals surface area (Å²) < 4.78 is 14.2. The quantitative estimate of drug-likeness (QED) is 0.813. The summed E-state index contributed by atoms with van der Waals surface area (Å²) in [6.07, 6.45) is 0. The molecule has 0 saturated heterocycles. The Kier molecular flexibility index (Phi) is 3.41. The number of fused-ring (bicyclic) bond motifs is 1. The fraction of sp³-hybridized carbons (Fsp3) is 0.562. The van der Waals surface area contributed by atoms with Crippen LogP contribution in [0.25, 0.3) is 0 Å². The number of halogens is 1. The van der Waals surface area contributed by atoms with Crippen LogP contribution in [0.1, 0.15) is 40.2 Å². The third kappa shape index (κ3) is 1.63. The van der Waals surface area contributed by atoms with Gasteiger partial charge >= 0.3 is 0 Å². The first-order chi connectivity index (χ1) is 8.88. The molecule has 0 saturated carbocycles. The Bertz CT molecular complexity index is 499. The van der Waals surface area contributed by atoms with Gasteiger partial charge in [-0.15, -0.1) is 0 Å². The van der Waals surface area contributed by atoms with Gasteiger partial charge in [-0.1, -0.05) is 39.8 Å². The van der Waals surface area contributed by atoms with Crippen LogP contribution in [-0.4, -0.2) is 12.5 Å². The van der Waals surface area contributed by atoms with Gasteiger partial charge in [0.2, 0.25) is 5.91 Å². The molecule has 0 unspecified atom stereocenters. The van der Waals surface area contributed by atoms with E-state index >= 15 is 0 Å². The molecular formula is C16H22FNO. The molecule has 0 aromatic heterocycles. The zero-order valence-corrected chi connectivity index (χ0v) is 12.3. The van der Waals surface area contributed by atoms with Gasteiger partial charge in [0.05, 0.1) is 11.1 Å². The van der Waals surface area contributed by atoms with Crippen molar-refractivity contribution in [1.29, 1.82) is 0 Å². The number of para-hydroxylation sites is 1. The van der Waals surface area contributed by atoms with Crippen LogP contribution in [0.3, 0.4) is 0 Å². The molecule has 104 valence electrons. The maximum absolute atomic E-state index is 14.2. The highest BCUT2D eigenvalue weighted by molar-refractivity contribution is 6.08. The average molecular weight is 263 g/mol. The summed E-state index contributed by atoms with van der Waals surface area (Å²) in [6.45, 7) is 10.6. The topological polar surface area (TPSA) is 20.3 Å². The lowest BCUT2D eigenvalue weighted by Crippen LogP contribution is -2.47. The Morgan fingerprint density at radius 3 is 2.26 bits per heavy atom. The first-order valence-electron chi connectivity index (χ1n) is 6.99. The standard InChI is InChI=1S/C16H22FNO/c1-6-18-14-12(8-7-9-13(14)17)16(10(2)3,11(4)5)15(18)19/h7-11H,6H2,1-5H3. The number of likely N-dealkylation sites (N-methyl/N-ethyl adjacent to an activating group) is 1. The summed E-state index contributed by atoms with van der Waals surface area (Å²) in [7, 11) is 0. The molecular weight excluding hydrogens is 241 g/mol. The van der Waals surface area contributed by atoms with Crippen LogP contribution in [0.4, 0.5) is 10.1 Å². The highest BCUT2D eigenvalue weighted by atomic mass is 19.1. The monoisotopic (exact) mass is 263 g/mol. The Balaban J connectivity index is 2.79. The van der Waals surface area contributed by atoms with Gasteiger partial charge in [0.1, 0.15) is 5.82 Å². The molecule has 1 aromatic carbocycles. The number of anilines is 1. The van der Waals surface area contributed by atoms with Gasteiger partial charge in [-0.25, -0.2) is 4.39 Å². The highest BCUT2D eigenvalue weighted by Crippen LogP contribution is 2.51. The van der Waals surface area contributed by atoms with Crippen molar-refractivity contribution >= 4 is 11.6 Å². The molecule has 0 atom stereocenters. The number of carbonyl (C=O) groups excluding carboxylic acids is 1. The molecule has 0 aliphatic carbocycles. The van der Waals surface area contributed by atoms with Crippen molar-refractivity contribution in [2.45, 2.75) is 40.0 Å². The number of amides is 1. The van der Waals surface area contributed by atoms with Gasteiger partial charge in [-0.05, 0) is 30.4 Å². The van der Waals surface area contributed by atoms with Gasteiger partial charge in [0.15, 0.2) is 0 Å². The van der Waals surface area contributed by atoms with Crippen molar-refractivity contribution in [1.82, 2.24) is 0 Å². The average Bonchev–Trinajstić information content (AvgIpc) is 2.59. The molecule has 0 spiro atoms. The maximum atomic E-state index is 14.2. The largest absolute Gasteiger partial charge is 0.309 e. The van der Waals surface area contributed by atoms with Crippen LogP contribution >= 0.6 is 0 Å². The number of hydrogen-bond acceptors (Lipinski definition) is 1. The minimum Gasteiger partial charge on any atom is -0.309 e. The third-order valence-electron chi connectivity index (χ3n) is 4.44. The van der Waals surface area contributed by atoms with Gasteiger partial charge in [0.25, 0.3) is 0 Å². The van der Waals surface area contributed by atoms with E-state index in [0.717, 1.165) is 5.56 Å². The molecule has 0 fully saturated rings. The van der Waals surface area contributed by atoms with E-state index in [0.29, 0.717) is 12.2 Å². The Morgan fingerprint density at radius 1 is 1.21 bits per heavy atom. The van der Waals surface area contributed by atoms with Crippen LogP contribution in [0.15, 0.2) is 18.2 Å². The lowest BCUT2D eigenvalue weighted by atomic mass is 9.65. The molecule has 2 rings (SSSR count). The first-order valence-corrected chi connectivity index (χ1v) is 6.99. The molecule has 19 heavy (non-hydrogen) atoms. The van der Waals surface area contributed by atoms with E-state index in [9.17, 15) is 9.18 Å². The summed E-state index contributed by atoms with van der Waals surface area (Å²) in [5.74, 6) is 0.0187. The van der Waals surface area contributed by atoms with Gasteiger partial charge in [-0.3, -0.25) is 4.79 Å². The molecule has 2 nitrogen and oxygen atoms in total. The fourth-order valence-corrected chi connectivity index (χ4v) is 3.65. The second-order valence-corrected chi connectivity index (χ2v) is 5.86. The third-order valence-corrected chi connectivity index (χ3v) is 4.44. The van der Waals surface area contributed by atoms with Crippen molar-refractivity contribution in [3.05, 3.63) is 29.6 Å². The normalized spacial score (nSPS) is 17.5. The van der Waals surface area contributed by atoms with E-state index in [1.165, 1.54) is 6.07 Å². The molecule has 1 aliphatic rings. The van der Waals surface area contributed by atoms with Gasteiger partial charge in [-0.2, -0.15) is 0 Å². The van der Waals surface area contributed by atoms with E-state index < -0.39 is 5.41 Å². The summed E-state index contributed by atoms with van der Waals surface area (Å²) in [4.78, 5) is 14.5. The predicted octanol–water partition coefficient (Wildman–Crippen LogP) is 3.74. The molecule has 1 aromatic rings. The minimum atomic E-state index is -0.604. The number of carbonyl (C=O) groups is 1. The Morgan fingerprint density at radius 2 is 1.79 bits per heavy atom. The van der Waals surface area contributed by atoms with Gasteiger partial charge in [0, 0.05) is 6.54 Å². The van der Waals surface area contributed by atoms with E-state index in [1.54, 1.807) is 11.0 Å². The second-order valence-electron chi connectivity index (χ2n) is 5.86. The lowest BCUT2D eigenvalue weighted by molar-refractivity contribution is -0.126. The number of rotatable bonds is 3. The SMILES string of the molecule is CCN1C(=O)C(C(C)C)(C(C)C)c2cccc(F)c21. The molecule has 0 bridgehead atoms. The number of benzene rings is 1. The van der Waals surface area contributed by atoms with Crippen molar-refractivity contribution in [3.8, 4) is 0 Å². The Hall–Kier alpha value is -1.38. The molecule has 3 heteroatoms. The first kappa shape index (κ1) is 14.0. The molecule has 0 radical (unpaired) electrons. The molecule has 0 N–H and O–H groups in total. The Labute approximate surface area is 114 Å². The van der Waals surface area contributed by atoms with E-state index in [2.05, 4.69) is 0 Å². The lowest BCUT2D eigenvalue weighted by Gasteiger charge is -2.36. The summed E-state index contributed by atoms with van der Waals surface area (Å²) in [5.41, 5.74) is 0.731. The zero-order chi connectivity index (χ0) is 14.4. The van der Waals surface area contributed by atoms with E-state index in [4.69, 9.17) is 0 Å². The zero-order valence-electron chi connectivity index (χ0n) is 12.3. The summed E-state index contributed by atoms with van der Waals surface area (Å²) in [6, 6.07) is 5.05. The van der Waals surface area contributed by atoms with E-state index in [1.807, 2.05) is 40.7 Å². The molecule has 1 amide bonds. The van der Waals surface area contributed by atoms with Crippen LogP contribution < -0.4 is 4.90 Å². The molecule has 1 aliphatic heterocycles. The van der Waals surface area contributed by atoms with Crippen molar-refractivity contribution in [3.63, 3.8) is 0 Å². The minimum absolute atomic E-state index is 0.0418. The van der Waals surface area contributed by atoms with Crippen molar-refractivity contribution in [2.24, 2.45) is 11.8 Å². The second kappa shape index (κ2) is 4.62. The fourth-order valence-electron chi connectivity index (χ4n) is 3.65. The summed E-state index contributed by atoms with van der Waals surface area (Å²) >= 11 is 0. The van der Waals surface area contributed by atoms with Gasteiger partial charge < -0.3 is 4.90 Å². The molecule has 1 heterocycles. The number of hydrogen-bond donors (Lipinski definition) is 0. The number of nitrogens with zero attached hydrogens (tertiary/aromatic N) is 1. The van der Waals surface area contributed by atoms with Crippen LogP contribution in [0, 0.1) is 17.7 Å². The highest BCUT2D eigenvalue weighted by Gasteiger charge is 2.55. The van der Waals surface area contributed by atoms with Crippen LogP contribution in [0.2, 0.25) is 0 Å². The van der Waals surface area contributed by atoms with Crippen LogP contribution in [0.5, 0.6) is 0 Å². The maximum Gasteiger partial charge on any atom is 0.238 e. The smallest absolute Gasteiger partial charge is 0.238 e. The van der Waals surface area contributed by atoms with E-state index in [-0.39, 0.29) is 23.6 Å².